The summed E-state index contributed by atoms with van der Waals surface area (Å²) in [6.45, 7) is 5.65. The van der Waals surface area contributed by atoms with Crippen LogP contribution in [0.2, 0.25) is 0 Å². The minimum absolute atomic E-state index is 0.336. The lowest BCUT2D eigenvalue weighted by molar-refractivity contribution is -0.306. The van der Waals surface area contributed by atoms with Gasteiger partial charge >= 0.3 is 17.9 Å². The summed E-state index contributed by atoms with van der Waals surface area (Å²) in [7, 11) is 0. The monoisotopic (exact) mass is 391 g/mol. The molecule has 1 rings (SSSR count). The lowest BCUT2D eigenvalue weighted by Crippen LogP contribution is -2.66. The lowest BCUT2D eigenvalue weighted by atomic mass is 9.96. The molecule has 1 heterocycles. The van der Waals surface area contributed by atoms with Crippen LogP contribution in [0.1, 0.15) is 34.6 Å². The predicted molar refractivity (Wildman–Crippen MR) is 86.8 cm³/mol. The molecule has 0 aromatic carbocycles. The van der Waals surface area contributed by atoms with Crippen molar-refractivity contribution in [1.29, 1.82) is 0 Å². The van der Waals surface area contributed by atoms with Gasteiger partial charge in [0.2, 0.25) is 5.91 Å². The number of carbonyl (C=O) groups excluding carboxylic acids is 4. The maximum absolute atomic E-state index is 11.6. The second kappa shape index (κ2) is 10.2. The Hall–Kier alpha value is -2.24. The summed E-state index contributed by atoms with van der Waals surface area (Å²) >= 11 is 0. The average Bonchev–Trinajstić information content (AvgIpc) is 2.49. The fourth-order valence-corrected chi connectivity index (χ4v) is 2.60. The first-order chi connectivity index (χ1) is 12.5. The van der Waals surface area contributed by atoms with Gasteiger partial charge in [0, 0.05) is 27.7 Å². The van der Waals surface area contributed by atoms with E-state index < -0.39 is 60.7 Å². The highest BCUT2D eigenvalue weighted by molar-refractivity contribution is 5.73. The molecule has 1 saturated heterocycles. The third-order valence-electron chi connectivity index (χ3n) is 3.40. The van der Waals surface area contributed by atoms with Crippen LogP contribution < -0.4 is 5.32 Å². The van der Waals surface area contributed by atoms with Crippen LogP contribution in [-0.2, 0) is 42.9 Å². The third-order valence-corrected chi connectivity index (χ3v) is 3.40. The van der Waals surface area contributed by atoms with Crippen LogP contribution in [-0.4, -0.2) is 72.5 Å². The maximum Gasteiger partial charge on any atom is 0.303 e. The zero-order chi connectivity index (χ0) is 20.7. The first-order valence-corrected chi connectivity index (χ1v) is 8.25. The van der Waals surface area contributed by atoms with Crippen molar-refractivity contribution in [2.45, 2.75) is 71.6 Å². The zero-order valence-corrected chi connectivity index (χ0v) is 15.8. The molecule has 0 spiro atoms. The number of hydrogen-bond acceptors (Lipinski definition) is 10. The van der Waals surface area contributed by atoms with Gasteiger partial charge in [-0.3, -0.25) is 19.2 Å². The second-order valence-electron chi connectivity index (χ2n) is 5.96. The molecule has 0 aliphatic carbocycles. The molecule has 2 N–H and O–H groups in total. The molecule has 6 atom stereocenters. The van der Waals surface area contributed by atoms with Crippen LogP contribution in [0.15, 0.2) is 0 Å². The third kappa shape index (κ3) is 7.49. The summed E-state index contributed by atoms with van der Waals surface area (Å²) in [5.74, 6) is -2.53. The molecular weight excluding hydrogens is 366 g/mol. The van der Waals surface area contributed by atoms with E-state index in [1.54, 1.807) is 0 Å². The van der Waals surface area contributed by atoms with Crippen LogP contribution in [0, 0.1) is 0 Å². The lowest BCUT2D eigenvalue weighted by Gasteiger charge is -2.45. The standard InChI is InChI=1S/C16H25NO10/c1-7(18)17-13-15(25-10(4)21)14(24-9(3)20)12(6-23-8(2)19)27-16(13)26-11(5)22/h11-16,22H,6H2,1-5H3,(H,17,18)/t11?,12?,13?,14-,15?,16+/m0/s1. The minimum Gasteiger partial charge on any atom is -0.463 e. The normalized spacial score (nSPS) is 28.6. The number of ether oxygens (including phenoxy) is 5. The molecule has 1 fully saturated rings. The number of rotatable bonds is 7. The number of aliphatic hydroxyl groups is 1. The van der Waals surface area contributed by atoms with E-state index in [-0.39, 0.29) is 6.61 Å². The van der Waals surface area contributed by atoms with Crippen molar-refractivity contribution in [3.05, 3.63) is 0 Å². The molecule has 0 aromatic rings. The Balaban J connectivity index is 3.27. The quantitative estimate of drug-likeness (QED) is 0.314. The Bertz CT molecular complexity index is 563. The molecule has 11 heteroatoms. The van der Waals surface area contributed by atoms with E-state index in [9.17, 15) is 24.3 Å². The van der Waals surface area contributed by atoms with Crippen LogP contribution in [0.25, 0.3) is 0 Å². The summed E-state index contributed by atoms with van der Waals surface area (Å²) in [5.41, 5.74) is 0. The molecule has 154 valence electrons. The van der Waals surface area contributed by atoms with Gasteiger partial charge in [-0.2, -0.15) is 0 Å². The zero-order valence-electron chi connectivity index (χ0n) is 15.8. The van der Waals surface area contributed by atoms with E-state index >= 15 is 0 Å². The van der Waals surface area contributed by atoms with Crippen LogP contribution >= 0.6 is 0 Å². The molecular formula is C16H25NO10. The molecule has 27 heavy (non-hydrogen) atoms. The van der Waals surface area contributed by atoms with Crippen molar-refractivity contribution in [2.75, 3.05) is 6.61 Å². The number of aliphatic hydroxyl groups excluding tert-OH is 1. The van der Waals surface area contributed by atoms with E-state index in [1.807, 2.05) is 0 Å². The summed E-state index contributed by atoms with van der Waals surface area (Å²) in [6, 6.07) is -1.10. The Morgan fingerprint density at radius 3 is 2.00 bits per heavy atom. The van der Waals surface area contributed by atoms with Crippen molar-refractivity contribution in [1.82, 2.24) is 5.32 Å². The molecule has 0 bridgehead atoms. The Morgan fingerprint density at radius 1 is 1.00 bits per heavy atom. The first-order valence-electron chi connectivity index (χ1n) is 8.25. The molecule has 0 radical (unpaired) electrons. The Labute approximate surface area is 156 Å². The van der Waals surface area contributed by atoms with Crippen molar-refractivity contribution < 1.29 is 48.0 Å². The van der Waals surface area contributed by atoms with Gasteiger partial charge in [-0.1, -0.05) is 0 Å². The molecule has 1 amide bonds. The number of esters is 3. The van der Waals surface area contributed by atoms with Crippen LogP contribution in [0.5, 0.6) is 0 Å². The fraction of sp³-hybridized carbons (Fsp3) is 0.750. The van der Waals surface area contributed by atoms with Crippen molar-refractivity contribution in [3.8, 4) is 0 Å². The highest BCUT2D eigenvalue weighted by Crippen LogP contribution is 2.28. The Morgan fingerprint density at radius 2 is 1.56 bits per heavy atom. The van der Waals surface area contributed by atoms with Crippen molar-refractivity contribution in [2.24, 2.45) is 0 Å². The number of carbonyl (C=O) groups is 4. The highest BCUT2D eigenvalue weighted by Gasteiger charge is 2.51. The van der Waals surface area contributed by atoms with Crippen molar-refractivity contribution >= 4 is 23.8 Å². The van der Waals surface area contributed by atoms with Crippen molar-refractivity contribution in [3.63, 3.8) is 0 Å². The summed E-state index contributed by atoms with van der Waals surface area (Å²) < 4.78 is 26.3. The maximum atomic E-state index is 11.6. The summed E-state index contributed by atoms with van der Waals surface area (Å²) in [5, 5.41) is 12.1. The van der Waals surface area contributed by atoms with Gasteiger partial charge in [0.15, 0.2) is 24.8 Å². The van der Waals surface area contributed by atoms with Gasteiger partial charge in [0.25, 0.3) is 0 Å². The van der Waals surface area contributed by atoms with Gasteiger partial charge in [0.05, 0.1) is 0 Å². The van der Waals surface area contributed by atoms with Crippen LogP contribution in [0.3, 0.4) is 0 Å². The largest absolute Gasteiger partial charge is 0.463 e. The fourth-order valence-electron chi connectivity index (χ4n) is 2.60. The predicted octanol–water partition coefficient (Wildman–Crippen LogP) is -1.00. The number of hydrogen-bond donors (Lipinski definition) is 2. The number of nitrogens with one attached hydrogen (secondary N) is 1. The van der Waals surface area contributed by atoms with Gasteiger partial charge in [-0.15, -0.1) is 0 Å². The second-order valence-corrected chi connectivity index (χ2v) is 5.96. The van der Waals surface area contributed by atoms with E-state index in [0.29, 0.717) is 0 Å². The smallest absolute Gasteiger partial charge is 0.303 e. The van der Waals surface area contributed by atoms with E-state index in [4.69, 9.17) is 23.7 Å². The van der Waals surface area contributed by atoms with E-state index in [1.165, 1.54) is 20.8 Å². The van der Waals surface area contributed by atoms with Gasteiger partial charge in [-0.25, -0.2) is 0 Å². The molecule has 1 aliphatic rings. The molecule has 0 aromatic heterocycles. The summed E-state index contributed by atoms with van der Waals surface area (Å²) in [6.07, 6.45) is -6.05. The molecule has 4 unspecified atom stereocenters. The Kier molecular flexibility index (Phi) is 8.60. The minimum atomic E-state index is -1.29. The topological polar surface area (TPSA) is 147 Å². The summed E-state index contributed by atoms with van der Waals surface area (Å²) in [4.78, 5) is 45.9. The molecule has 11 nitrogen and oxygen atoms in total. The average molecular weight is 391 g/mol. The van der Waals surface area contributed by atoms with Gasteiger partial charge in [0.1, 0.15) is 18.8 Å². The number of amides is 1. The molecule has 0 saturated carbocycles. The van der Waals surface area contributed by atoms with Gasteiger partial charge < -0.3 is 34.1 Å². The first kappa shape index (κ1) is 22.8. The highest BCUT2D eigenvalue weighted by atomic mass is 16.7. The van der Waals surface area contributed by atoms with E-state index in [0.717, 1.165) is 13.8 Å². The van der Waals surface area contributed by atoms with E-state index in [2.05, 4.69) is 5.32 Å². The SMILES string of the molecule is CC(=O)NC1C(OC(C)=O)[C@@H](OC(C)=O)C(COC(C)=O)O[C@H]1OC(C)O. The molecule has 1 aliphatic heterocycles. The van der Waals surface area contributed by atoms with Crippen LogP contribution in [0.4, 0.5) is 0 Å². The van der Waals surface area contributed by atoms with Gasteiger partial charge in [-0.05, 0) is 6.92 Å².